The zero-order valence-corrected chi connectivity index (χ0v) is 17.0. The molecule has 158 valence electrons. The minimum absolute atomic E-state index is 0.448. The fraction of sp³-hybridized carbons (Fsp3) is 0.273. The Hall–Kier alpha value is -3.68. The summed E-state index contributed by atoms with van der Waals surface area (Å²) in [6.07, 6.45) is 1.80. The Labute approximate surface area is 174 Å². The third-order valence-corrected chi connectivity index (χ3v) is 4.26. The lowest BCUT2D eigenvalue weighted by atomic mass is 10.2. The van der Waals surface area contributed by atoms with E-state index in [0.29, 0.717) is 47.5 Å². The van der Waals surface area contributed by atoms with Crippen molar-refractivity contribution in [1.82, 2.24) is 0 Å². The molecule has 8 nitrogen and oxygen atoms in total. The van der Waals surface area contributed by atoms with E-state index in [-0.39, 0.29) is 0 Å². The van der Waals surface area contributed by atoms with E-state index in [9.17, 15) is 9.59 Å². The molecule has 1 heterocycles. The van der Waals surface area contributed by atoms with Crippen LogP contribution in [0.5, 0.6) is 23.0 Å². The van der Waals surface area contributed by atoms with Crippen molar-refractivity contribution in [2.24, 2.45) is 0 Å². The average Bonchev–Trinajstić information content (AvgIpc) is 2.77. The molecular weight excluding hydrogens is 390 g/mol. The number of ether oxygens (including phenoxy) is 5. The summed E-state index contributed by atoms with van der Waals surface area (Å²) in [6, 6.07) is 10.3. The van der Waals surface area contributed by atoms with Gasteiger partial charge in [0, 0.05) is 23.9 Å². The number of hydrogen-bond acceptors (Lipinski definition) is 7. The fourth-order valence-electron chi connectivity index (χ4n) is 2.72. The number of benzene rings is 2. The van der Waals surface area contributed by atoms with Gasteiger partial charge in [0.05, 0.1) is 14.2 Å². The van der Waals surface area contributed by atoms with Crippen molar-refractivity contribution in [3.8, 4) is 23.0 Å². The van der Waals surface area contributed by atoms with Crippen molar-refractivity contribution in [1.29, 1.82) is 0 Å². The SMILES string of the molecule is COc1cc(/C=C/C(=O)O[C@@H](C)C(=O)Nc2ccc3c(c2)OCCO3)cc(OC)c1. The van der Waals surface area contributed by atoms with Crippen molar-refractivity contribution < 1.29 is 33.3 Å². The minimum atomic E-state index is -0.991. The summed E-state index contributed by atoms with van der Waals surface area (Å²) >= 11 is 0. The average molecular weight is 413 g/mol. The Kier molecular flexibility index (Phi) is 6.79. The number of carbonyl (C=O) groups is 2. The van der Waals surface area contributed by atoms with Gasteiger partial charge in [-0.3, -0.25) is 4.79 Å². The molecule has 0 radical (unpaired) electrons. The topological polar surface area (TPSA) is 92.3 Å². The van der Waals surface area contributed by atoms with Crippen LogP contribution in [0.3, 0.4) is 0 Å². The molecule has 30 heavy (non-hydrogen) atoms. The number of methoxy groups -OCH3 is 2. The number of rotatable bonds is 7. The van der Waals surface area contributed by atoms with E-state index in [1.807, 2.05) is 0 Å². The summed E-state index contributed by atoms with van der Waals surface area (Å²) in [5, 5.41) is 2.69. The molecular formula is C22H23NO7. The van der Waals surface area contributed by atoms with Gasteiger partial charge < -0.3 is 29.0 Å². The van der Waals surface area contributed by atoms with Crippen molar-refractivity contribution in [2.45, 2.75) is 13.0 Å². The Bertz CT molecular complexity index is 932. The number of carbonyl (C=O) groups excluding carboxylic acids is 2. The molecule has 0 unspecified atom stereocenters. The Morgan fingerprint density at radius 1 is 1.00 bits per heavy atom. The summed E-state index contributed by atoms with van der Waals surface area (Å²) in [5.74, 6) is 1.25. The molecule has 0 saturated carbocycles. The highest BCUT2D eigenvalue weighted by Crippen LogP contribution is 2.32. The monoisotopic (exact) mass is 413 g/mol. The van der Waals surface area contributed by atoms with Gasteiger partial charge in [0.2, 0.25) is 0 Å². The van der Waals surface area contributed by atoms with Gasteiger partial charge in [-0.15, -0.1) is 0 Å². The number of hydrogen-bond donors (Lipinski definition) is 1. The number of esters is 1. The Morgan fingerprint density at radius 2 is 1.67 bits per heavy atom. The van der Waals surface area contributed by atoms with E-state index in [2.05, 4.69) is 5.32 Å². The molecule has 1 amide bonds. The highest BCUT2D eigenvalue weighted by atomic mass is 16.6. The molecule has 1 aliphatic heterocycles. The van der Waals surface area contributed by atoms with Crippen LogP contribution in [-0.4, -0.2) is 45.4 Å². The molecule has 0 spiro atoms. The van der Waals surface area contributed by atoms with Crippen molar-refractivity contribution in [3.05, 3.63) is 48.0 Å². The second-order valence-corrected chi connectivity index (χ2v) is 6.41. The number of nitrogens with one attached hydrogen (secondary N) is 1. The van der Waals surface area contributed by atoms with Crippen molar-refractivity contribution in [2.75, 3.05) is 32.8 Å². The van der Waals surface area contributed by atoms with Crippen LogP contribution in [0.1, 0.15) is 12.5 Å². The van der Waals surface area contributed by atoms with Gasteiger partial charge in [-0.1, -0.05) is 0 Å². The summed E-state index contributed by atoms with van der Waals surface area (Å²) in [7, 11) is 3.08. The smallest absolute Gasteiger partial charge is 0.331 e. The zero-order valence-electron chi connectivity index (χ0n) is 17.0. The van der Waals surface area contributed by atoms with Gasteiger partial charge in [-0.2, -0.15) is 0 Å². The number of amides is 1. The molecule has 0 saturated heterocycles. The van der Waals surface area contributed by atoms with E-state index in [0.717, 1.165) is 0 Å². The van der Waals surface area contributed by atoms with E-state index < -0.39 is 18.0 Å². The summed E-state index contributed by atoms with van der Waals surface area (Å²) in [5.41, 5.74) is 1.21. The van der Waals surface area contributed by atoms with Crippen LogP contribution < -0.4 is 24.3 Å². The van der Waals surface area contributed by atoms with Gasteiger partial charge in [-0.05, 0) is 42.8 Å². The van der Waals surface area contributed by atoms with Gasteiger partial charge in [-0.25, -0.2) is 4.79 Å². The molecule has 0 bridgehead atoms. The maximum atomic E-state index is 12.3. The van der Waals surface area contributed by atoms with E-state index in [4.69, 9.17) is 23.7 Å². The van der Waals surface area contributed by atoms with Crippen LogP contribution in [-0.2, 0) is 14.3 Å². The predicted octanol–water partition coefficient (Wildman–Crippen LogP) is 3.06. The molecule has 0 aliphatic carbocycles. The molecule has 1 atom stereocenters. The van der Waals surface area contributed by atoms with Crippen LogP contribution in [0.2, 0.25) is 0 Å². The lowest BCUT2D eigenvalue weighted by molar-refractivity contribution is -0.148. The van der Waals surface area contributed by atoms with Crippen LogP contribution in [0.25, 0.3) is 6.08 Å². The van der Waals surface area contributed by atoms with Gasteiger partial charge >= 0.3 is 5.97 Å². The van der Waals surface area contributed by atoms with Crippen molar-refractivity contribution >= 4 is 23.6 Å². The normalized spacial score (nSPS) is 13.4. The molecule has 1 aliphatic rings. The van der Waals surface area contributed by atoms with Gasteiger partial charge in [0.25, 0.3) is 5.91 Å². The highest BCUT2D eigenvalue weighted by molar-refractivity contribution is 5.96. The maximum Gasteiger partial charge on any atom is 0.331 e. The van der Waals surface area contributed by atoms with Gasteiger partial charge in [0.1, 0.15) is 24.7 Å². The second-order valence-electron chi connectivity index (χ2n) is 6.41. The third kappa shape index (κ3) is 5.44. The highest BCUT2D eigenvalue weighted by Gasteiger charge is 2.18. The lowest BCUT2D eigenvalue weighted by Crippen LogP contribution is -2.29. The summed E-state index contributed by atoms with van der Waals surface area (Å²) in [6.45, 7) is 2.43. The molecule has 2 aromatic carbocycles. The number of anilines is 1. The van der Waals surface area contributed by atoms with Crippen LogP contribution in [0, 0.1) is 0 Å². The third-order valence-electron chi connectivity index (χ3n) is 4.26. The first-order valence-corrected chi connectivity index (χ1v) is 9.31. The molecule has 0 fully saturated rings. The van der Waals surface area contributed by atoms with Gasteiger partial charge in [0.15, 0.2) is 17.6 Å². The Morgan fingerprint density at radius 3 is 2.33 bits per heavy atom. The number of fused-ring (bicyclic) bond motifs is 1. The first-order chi connectivity index (χ1) is 14.5. The quantitative estimate of drug-likeness (QED) is 0.551. The Balaban J connectivity index is 1.57. The molecule has 2 aromatic rings. The van der Waals surface area contributed by atoms with E-state index in [1.165, 1.54) is 13.0 Å². The molecule has 3 rings (SSSR count). The van der Waals surface area contributed by atoms with E-state index >= 15 is 0 Å². The van der Waals surface area contributed by atoms with Crippen LogP contribution in [0.4, 0.5) is 5.69 Å². The zero-order chi connectivity index (χ0) is 21.5. The lowest BCUT2D eigenvalue weighted by Gasteiger charge is -2.19. The summed E-state index contributed by atoms with van der Waals surface area (Å²) < 4.78 is 26.5. The minimum Gasteiger partial charge on any atom is -0.497 e. The maximum absolute atomic E-state index is 12.3. The first-order valence-electron chi connectivity index (χ1n) is 9.31. The fourth-order valence-corrected chi connectivity index (χ4v) is 2.72. The van der Waals surface area contributed by atoms with Crippen molar-refractivity contribution in [3.63, 3.8) is 0 Å². The molecule has 8 heteroatoms. The van der Waals surface area contributed by atoms with Crippen LogP contribution in [0.15, 0.2) is 42.5 Å². The second kappa shape index (κ2) is 9.69. The first kappa shape index (κ1) is 21.0. The summed E-state index contributed by atoms with van der Waals surface area (Å²) in [4.78, 5) is 24.4. The molecule has 0 aromatic heterocycles. The van der Waals surface area contributed by atoms with E-state index in [1.54, 1.807) is 56.7 Å². The molecule has 1 N–H and O–H groups in total. The standard InChI is InChI=1S/C22H23NO7/c1-14(22(25)23-16-5-6-19-20(12-16)29-9-8-28-19)30-21(24)7-4-15-10-17(26-2)13-18(11-15)27-3/h4-7,10-14H,8-9H2,1-3H3,(H,23,25)/b7-4+/t14-/m0/s1. The largest absolute Gasteiger partial charge is 0.497 e. The predicted molar refractivity (Wildman–Crippen MR) is 110 cm³/mol. The van der Waals surface area contributed by atoms with Crippen LogP contribution >= 0.6 is 0 Å².